The summed E-state index contributed by atoms with van der Waals surface area (Å²) in [7, 11) is 0. The minimum Gasteiger partial charge on any atom is -0.480 e. The van der Waals surface area contributed by atoms with Gasteiger partial charge in [-0.1, -0.05) is 61.8 Å². The van der Waals surface area contributed by atoms with Crippen LogP contribution in [0.25, 0.3) is 0 Å². The first-order valence-corrected chi connectivity index (χ1v) is 24.2. The fraction of sp³-hybridized carbons (Fsp3) is 0.733. The van der Waals surface area contributed by atoms with E-state index in [1.54, 1.807) is 27.7 Å². The van der Waals surface area contributed by atoms with Crippen LogP contribution in [0.3, 0.4) is 0 Å². The third kappa shape index (κ3) is 25.9. The van der Waals surface area contributed by atoms with Crippen LogP contribution in [0.5, 0.6) is 0 Å². The van der Waals surface area contributed by atoms with Gasteiger partial charge in [-0.25, -0.2) is 4.79 Å². The molecule has 0 fully saturated rings. The lowest BCUT2D eigenvalue weighted by atomic mass is 9.97. The minimum absolute atomic E-state index is 0.0339. The van der Waals surface area contributed by atoms with Gasteiger partial charge in [0, 0.05) is 13.1 Å². The van der Waals surface area contributed by atoms with Gasteiger partial charge >= 0.3 is 5.97 Å². The van der Waals surface area contributed by atoms with E-state index in [-0.39, 0.29) is 81.3 Å². The molecule has 0 aromatic rings. The lowest BCUT2D eigenvalue weighted by molar-refractivity contribution is -0.143. The van der Waals surface area contributed by atoms with E-state index in [4.69, 9.17) is 34.4 Å². The van der Waals surface area contributed by atoms with Gasteiger partial charge in [0.2, 0.25) is 53.2 Å². The summed E-state index contributed by atoms with van der Waals surface area (Å²) < 4.78 is 0. The van der Waals surface area contributed by atoms with Crippen molar-refractivity contribution < 1.29 is 53.1 Å². The van der Waals surface area contributed by atoms with E-state index in [2.05, 4.69) is 52.5 Å². The average molecular weight is 1030 g/mol. The van der Waals surface area contributed by atoms with Crippen LogP contribution >= 0.6 is 0 Å². The van der Waals surface area contributed by atoms with Crippen LogP contribution in [0.2, 0.25) is 0 Å². The zero-order valence-corrected chi connectivity index (χ0v) is 43.5. The first-order valence-electron chi connectivity index (χ1n) is 24.2. The van der Waals surface area contributed by atoms with E-state index >= 15 is 0 Å². The molecule has 0 saturated carbocycles. The average Bonchev–Trinajstić information content (AvgIpc) is 3.27. The Labute approximate surface area is 421 Å². The number of primary amides is 1. The SMILES string of the molecule is CC[C@H](C)[C@H](N)C(=O)N[C@@H](CC(C)C)C(=O)N[C@@H](C)C(=O)N[C@@H](CCCN=C(N)N)C(=O)N[C@@H](CC(C)C)C(=O)N[C@@H](C)C(=O)N[C@@H](CC(N)=O)C(=O)N[C@@H](CCCN=C(N)N)C(=O)N[C@H](C(=O)O)C(C)C. The molecule has 27 nitrogen and oxygen atoms in total. The minimum atomic E-state index is -1.68. The summed E-state index contributed by atoms with van der Waals surface area (Å²) in [5.74, 6) is -10.3. The molecular formula is C45H84N16O11. The number of carboxylic acids is 1. The predicted molar refractivity (Wildman–Crippen MR) is 269 cm³/mol. The Balaban J connectivity index is 6.40. The fourth-order valence-electron chi connectivity index (χ4n) is 6.81. The molecule has 0 saturated heterocycles. The van der Waals surface area contributed by atoms with Crippen molar-refractivity contribution in [3.8, 4) is 0 Å². The molecule has 0 aliphatic rings. The Bertz CT molecular complexity index is 1910. The summed E-state index contributed by atoms with van der Waals surface area (Å²) >= 11 is 0. The second-order valence-electron chi connectivity index (χ2n) is 19.1. The molecule has 0 aliphatic heterocycles. The number of hydrogen-bond acceptors (Lipinski definition) is 13. The van der Waals surface area contributed by atoms with E-state index < -0.39 is 126 Å². The lowest BCUT2D eigenvalue weighted by Crippen LogP contribution is -2.60. The van der Waals surface area contributed by atoms with Crippen LogP contribution in [-0.2, 0) is 47.9 Å². The number of nitrogens with one attached hydrogen (secondary N) is 8. The van der Waals surface area contributed by atoms with Crippen molar-refractivity contribution >= 4 is 71.1 Å². The maximum absolute atomic E-state index is 14.0. The number of carboxylic acid groups (broad SMARTS) is 1. The molecule has 10 atom stereocenters. The molecule has 0 aliphatic carbocycles. The van der Waals surface area contributed by atoms with Crippen LogP contribution in [0, 0.1) is 23.7 Å². The summed E-state index contributed by atoms with van der Waals surface area (Å²) in [6, 6.07) is -11.5. The summed E-state index contributed by atoms with van der Waals surface area (Å²) in [6.45, 7) is 16.8. The summed E-state index contributed by atoms with van der Waals surface area (Å²) in [5.41, 5.74) is 33.2. The lowest BCUT2D eigenvalue weighted by Gasteiger charge is -2.27. The summed E-state index contributed by atoms with van der Waals surface area (Å²) in [6.07, 6.45) is 0.326. The third-order valence-corrected chi connectivity index (χ3v) is 11.2. The highest BCUT2D eigenvalue weighted by molar-refractivity contribution is 5.99. The van der Waals surface area contributed by atoms with E-state index in [1.165, 1.54) is 13.8 Å². The molecule has 0 aromatic heterocycles. The number of amides is 9. The molecule has 410 valence electrons. The molecular weight excluding hydrogens is 941 g/mol. The van der Waals surface area contributed by atoms with Crippen molar-refractivity contribution in [1.29, 1.82) is 0 Å². The molecule has 0 bridgehead atoms. The number of carbonyl (C=O) groups is 10. The molecule has 0 radical (unpaired) electrons. The monoisotopic (exact) mass is 1020 g/mol. The third-order valence-electron chi connectivity index (χ3n) is 11.2. The van der Waals surface area contributed by atoms with Gasteiger partial charge in [-0.05, 0) is 76.0 Å². The van der Waals surface area contributed by atoms with Crippen molar-refractivity contribution in [3.63, 3.8) is 0 Å². The van der Waals surface area contributed by atoms with E-state index in [9.17, 15) is 53.1 Å². The van der Waals surface area contributed by atoms with Crippen LogP contribution in [0.4, 0.5) is 0 Å². The molecule has 72 heavy (non-hydrogen) atoms. The second kappa shape index (κ2) is 33.0. The molecule has 0 spiro atoms. The molecule has 21 N–H and O–H groups in total. The first kappa shape index (κ1) is 65.2. The molecule has 0 unspecified atom stereocenters. The van der Waals surface area contributed by atoms with Gasteiger partial charge in [0.15, 0.2) is 11.9 Å². The van der Waals surface area contributed by atoms with E-state index in [0.29, 0.717) is 6.42 Å². The van der Waals surface area contributed by atoms with Crippen LogP contribution in [0.1, 0.15) is 121 Å². The highest BCUT2D eigenvalue weighted by atomic mass is 16.4. The molecule has 9 amide bonds. The molecule has 0 aromatic carbocycles. The second-order valence-corrected chi connectivity index (χ2v) is 19.1. The highest BCUT2D eigenvalue weighted by Crippen LogP contribution is 2.12. The number of carbonyl (C=O) groups excluding carboxylic acids is 9. The smallest absolute Gasteiger partial charge is 0.326 e. The zero-order chi connectivity index (χ0) is 55.6. The van der Waals surface area contributed by atoms with Gasteiger partial charge in [0.1, 0.15) is 48.3 Å². The standard InChI is InChI=1S/C45H84N16O11/c1-11-24(8)33(47)42(70)60-30(19-22(4)5)40(68)54-25(9)35(63)56-27(14-12-16-52-44(48)49)37(65)59-29(18-21(2)3)39(67)55-26(10)36(64)58-31(20-32(46)62)41(69)57-28(15-13-17-53-45(50)51)38(66)61-34(23(6)7)43(71)72/h21-31,33-34H,11-20,47H2,1-10H3,(H2,46,62)(H,54,68)(H,55,67)(H,56,63)(H,57,69)(H,58,64)(H,59,65)(H,60,70)(H,61,66)(H,71,72)(H4,48,49,52)(H4,50,51,53)/t24-,25-,26-,27-,28-,29-,30-,31-,33-,34-/m0/s1. The van der Waals surface area contributed by atoms with Gasteiger partial charge in [-0.3, -0.25) is 53.1 Å². The van der Waals surface area contributed by atoms with Crippen LogP contribution < -0.4 is 76.9 Å². The summed E-state index contributed by atoms with van der Waals surface area (Å²) in [4.78, 5) is 140. The largest absolute Gasteiger partial charge is 0.480 e. The van der Waals surface area contributed by atoms with Crippen molar-refractivity contribution in [2.75, 3.05) is 13.1 Å². The number of nitrogens with two attached hydrogens (primary N) is 6. The number of nitrogens with zero attached hydrogens (tertiary/aromatic N) is 2. The Morgan fingerprint density at radius 3 is 1.18 bits per heavy atom. The van der Waals surface area contributed by atoms with Crippen molar-refractivity contribution in [2.24, 2.45) is 68.1 Å². The zero-order valence-electron chi connectivity index (χ0n) is 43.5. The Hall–Kier alpha value is -6.80. The van der Waals surface area contributed by atoms with E-state index in [0.717, 1.165) is 0 Å². The van der Waals surface area contributed by atoms with Gasteiger partial charge in [-0.15, -0.1) is 0 Å². The maximum atomic E-state index is 14.0. The quantitative estimate of drug-likeness (QED) is 0.0166. The van der Waals surface area contributed by atoms with Crippen molar-refractivity contribution in [1.82, 2.24) is 42.5 Å². The Morgan fingerprint density at radius 2 is 0.819 bits per heavy atom. The highest BCUT2D eigenvalue weighted by Gasteiger charge is 2.35. The Kier molecular flexibility index (Phi) is 29.9. The predicted octanol–water partition coefficient (Wildman–Crippen LogP) is -3.91. The number of aliphatic carboxylic acids is 1. The van der Waals surface area contributed by atoms with Gasteiger partial charge in [-0.2, -0.15) is 0 Å². The van der Waals surface area contributed by atoms with Crippen molar-refractivity contribution in [3.05, 3.63) is 0 Å². The molecule has 0 rings (SSSR count). The van der Waals surface area contributed by atoms with Gasteiger partial charge < -0.3 is 82.0 Å². The fourth-order valence-corrected chi connectivity index (χ4v) is 6.81. The van der Waals surface area contributed by atoms with Crippen molar-refractivity contribution in [2.45, 2.75) is 175 Å². The van der Waals surface area contributed by atoms with Crippen LogP contribution in [-0.4, -0.2) is 144 Å². The number of aliphatic imine (C=N–C) groups is 2. The topological polar surface area (TPSA) is 468 Å². The number of hydrogen-bond donors (Lipinski definition) is 15. The molecule has 27 heteroatoms. The van der Waals surface area contributed by atoms with E-state index in [1.807, 2.05) is 27.7 Å². The Morgan fingerprint density at radius 1 is 0.472 bits per heavy atom. The van der Waals surface area contributed by atoms with Gasteiger partial charge in [0.25, 0.3) is 0 Å². The van der Waals surface area contributed by atoms with Gasteiger partial charge in [0.05, 0.1) is 12.5 Å². The molecule has 0 heterocycles. The number of guanidine groups is 2. The maximum Gasteiger partial charge on any atom is 0.326 e. The first-order chi connectivity index (χ1) is 33.4. The summed E-state index contributed by atoms with van der Waals surface area (Å²) in [5, 5.41) is 29.8. The number of rotatable bonds is 34. The van der Waals surface area contributed by atoms with Crippen LogP contribution in [0.15, 0.2) is 9.98 Å². The normalized spacial score (nSPS) is 15.3.